The summed E-state index contributed by atoms with van der Waals surface area (Å²) < 4.78 is 35.2. The van der Waals surface area contributed by atoms with Gasteiger partial charge in [0, 0.05) is 13.1 Å². The highest BCUT2D eigenvalue weighted by molar-refractivity contribution is 5.10. The van der Waals surface area contributed by atoms with E-state index in [1.165, 1.54) is 0 Å². The van der Waals surface area contributed by atoms with Gasteiger partial charge in [0.15, 0.2) is 12.4 Å². The van der Waals surface area contributed by atoms with Gasteiger partial charge in [-0.15, -0.1) is 0 Å². The molecule has 2 rings (SSSR count). The van der Waals surface area contributed by atoms with E-state index in [1.807, 2.05) is 0 Å². The lowest BCUT2D eigenvalue weighted by molar-refractivity contribution is 0.0117. The van der Waals surface area contributed by atoms with Crippen molar-refractivity contribution in [2.75, 3.05) is 0 Å². The normalized spacial score (nSPS) is 11.5. The number of alkyl halides is 2. The van der Waals surface area contributed by atoms with E-state index >= 15 is 0 Å². The Hall–Kier alpha value is -2.32. The Balaban J connectivity index is 2.08. The van der Waals surface area contributed by atoms with E-state index in [0.29, 0.717) is 6.92 Å². The first-order valence-electron chi connectivity index (χ1n) is 4.84. The molecule has 2 heterocycles. The molecule has 0 aliphatic rings. The molecule has 1 N–H and O–H groups in total. The van der Waals surface area contributed by atoms with Crippen LogP contribution in [0, 0.1) is 0 Å². The molecule has 0 aliphatic carbocycles. The lowest BCUT2D eigenvalue weighted by Gasteiger charge is -2.09. The highest BCUT2D eigenvalue weighted by Crippen LogP contribution is 2.25. The molecule has 0 spiro atoms. The molecule has 0 aliphatic heterocycles. The molecule has 0 bridgehead atoms. The number of ether oxygens (including phenoxy) is 1. The topological polar surface area (TPSA) is 93.9 Å². The van der Waals surface area contributed by atoms with Crippen LogP contribution in [0.5, 0.6) is 6.01 Å². The van der Waals surface area contributed by atoms with Crippen molar-refractivity contribution >= 4 is 0 Å². The van der Waals surface area contributed by atoms with Crippen molar-refractivity contribution in [1.82, 2.24) is 20.1 Å². The van der Waals surface area contributed by atoms with Crippen molar-refractivity contribution in [3.63, 3.8) is 0 Å². The highest BCUT2D eigenvalue weighted by Gasteiger charge is 2.26. The van der Waals surface area contributed by atoms with Gasteiger partial charge in [-0.25, -0.2) is 9.78 Å². The van der Waals surface area contributed by atoms with Gasteiger partial charge in [0.2, 0.25) is 0 Å². The van der Waals surface area contributed by atoms with E-state index in [0.717, 1.165) is 12.3 Å². The fraction of sp³-hybridized carbons (Fsp3) is 0.333. The SMILES string of the molecule is CC(F)(F)c1ccnc(OCc2noc(=O)[nH]2)n1. The van der Waals surface area contributed by atoms with Crippen LogP contribution in [0.4, 0.5) is 8.78 Å². The maximum Gasteiger partial charge on any atom is 0.439 e. The average molecular weight is 258 g/mol. The number of aromatic nitrogens is 4. The zero-order valence-electron chi connectivity index (χ0n) is 9.18. The molecule has 7 nitrogen and oxygen atoms in total. The molecule has 0 aromatic carbocycles. The summed E-state index contributed by atoms with van der Waals surface area (Å²) in [7, 11) is 0. The zero-order chi connectivity index (χ0) is 13.2. The number of hydrogen-bond acceptors (Lipinski definition) is 6. The quantitative estimate of drug-likeness (QED) is 0.873. The number of halogens is 2. The fourth-order valence-corrected chi connectivity index (χ4v) is 1.11. The number of aromatic amines is 1. The molecular formula is C9H8F2N4O3. The summed E-state index contributed by atoms with van der Waals surface area (Å²) >= 11 is 0. The maximum atomic E-state index is 13.0. The summed E-state index contributed by atoms with van der Waals surface area (Å²) in [6.07, 6.45) is 1.15. The van der Waals surface area contributed by atoms with Crippen LogP contribution in [0.3, 0.4) is 0 Å². The molecule has 0 unspecified atom stereocenters. The van der Waals surface area contributed by atoms with Crippen molar-refractivity contribution in [3.05, 3.63) is 34.3 Å². The van der Waals surface area contributed by atoms with Gasteiger partial charge in [0.25, 0.3) is 5.92 Å². The van der Waals surface area contributed by atoms with Crippen LogP contribution in [-0.2, 0) is 12.5 Å². The van der Waals surface area contributed by atoms with Crippen molar-refractivity contribution in [1.29, 1.82) is 0 Å². The van der Waals surface area contributed by atoms with Crippen LogP contribution >= 0.6 is 0 Å². The monoisotopic (exact) mass is 258 g/mol. The Morgan fingerprint density at radius 1 is 1.56 bits per heavy atom. The molecule has 2 aromatic rings. The standard InChI is InChI=1S/C9H8F2N4O3/c1-9(10,11)5-2-3-12-7(13-5)17-4-6-14-8(16)18-15-6/h2-3H,4H2,1H3,(H,14,15,16). The van der Waals surface area contributed by atoms with E-state index in [1.54, 1.807) is 0 Å². The summed E-state index contributed by atoms with van der Waals surface area (Å²) in [6.45, 7) is 0.526. The fourth-order valence-electron chi connectivity index (χ4n) is 1.11. The Kier molecular flexibility index (Phi) is 3.04. The minimum absolute atomic E-state index is 0.109. The summed E-state index contributed by atoms with van der Waals surface area (Å²) in [6, 6.07) is 0.850. The summed E-state index contributed by atoms with van der Waals surface area (Å²) in [5, 5.41) is 3.33. The van der Waals surface area contributed by atoms with E-state index < -0.39 is 17.4 Å². The Labute approximate surface area is 98.8 Å². The third kappa shape index (κ3) is 2.87. The first-order valence-corrected chi connectivity index (χ1v) is 4.84. The molecule has 0 radical (unpaired) electrons. The summed E-state index contributed by atoms with van der Waals surface area (Å²) in [4.78, 5) is 20.0. The Bertz CT molecular complexity index is 590. The van der Waals surface area contributed by atoms with Crippen molar-refractivity contribution < 1.29 is 18.0 Å². The van der Waals surface area contributed by atoms with Gasteiger partial charge in [0.1, 0.15) is 5.69 Å². The maximum absolute atomic E-state index is 13.0. The molecule has 0 saturated heterocycles. The minimum Gasteiger partial charge on any atom is -0.455 e. The second kappa shape index (κ2) is 4.51. The van der Waals surface area contributed by atoms with Crippen LogP contribution in [-0.4, -0.2) is 20.1 Å². The second-order valence-electron chi connectivity index (χ2n) is 3.44. The van der Waals surface area contributed by atoms with Gasteiger partial charge in [-0.3, -0.25) is 9.51 Å². The van der Waals surface area contributed by atoms with Crippen LogP contribution in [0.2, 0.25) is 0 Å². The van der Waals surface area contributed by atoms with Crippen molar-refractivity contribution in [2.45, 2.75) is 19.5 Å². The van der Waals surface area contributed by atoms with Crippen LogP contribution in [0.25, 0.3) is 0 Å². The smallest absolute Gasteiger partial charge is 0.439 e. The van der Waals surface area contributed by atoms with Crippen LogP contribution < -0.4 is 10.5 Å². The van der Waals surface area contributed by atoms with Crippen molar-refractivity contribution in [2.24, 2.45) is 0 Å². The minimum atomic E-state index is -3.08. The molecule has 0 atom stereocenters. The largest absolute Gasteiger partial charge is 0.455 e. The molecule has 0 fully saturated rings. The number of H-pyrrole nitrogens is 1. The highest BCUT2D eigenvalue weighted by atomic mass is 19.3. The molecule has 0 saturated carbocycles. The molecule has 18 heavy (non-hydrogen) atoms. The lowest BCUT2D eigenvalue weighted by Crippen LogP contribution is -2.11. The predicted octanol–water partition coefficient (Wildman–Crippen LogP) is 0.844. The first kappa shape index (κ1) is 12.1. The van der Waals surface area contributed by atoms with Crippen molar-refractivity contribution in [3.8, 4) is 6.01 Å². The van der Waals surface area contributed by atoms with Gasteiger partial charge in [-0.2, -0.15) is 13.8 Å². The van der Waals surface area contributed by atoms with Gasteiger partial charge in [-0.05, 0) is 6.07 Å². The molecule has 0 amide bonds. The average Bonchev–Trinajstić information content (AvgIpc) is 2.72. The Morgan fingerprint density at radius 3 is 2.94 bits per heavy atom. The third-order valence-electron chi connectivity index (χ3n) is 1.91. The van der Waals surface area contributed by atoms with E-state index in [2.05, 4.69) is 24.6 Å². The van der Waals surface area contributed by atoms with Gasteiger partial charge in [0.05, 0.1) is 0 Å². The second-order valence-corrected chi connectivity index (χ2v) is 3.44. The van der Waals surface area contributed by atoms with Gasteiger partial charge >= 0.3 is 11.8 Å². The molecule has 2 aromatic heterocycles. The molecule has 9 heteroatoms. The number of rotatable bonds is 4. The lowest BCUT2D eigenvalue weighted by atomic mass is 10.3. The van der Waals surface area contributed by atoms with Gasteiger partial charge < -0.3 is 4.74 Å². The van der Waals surface area contributed by atoms with E-state index in [4.69, 9.17) is 4.74 Å². The predicted molar refractivity (Wildman–Crippen MR) is 53.1 cm³/mol. The van der Waals surface area contributed by atoms with Crippen LogP contribution in [0.1, 0.15) is 18.4 Å². The zero-order valence-corrected chi connectivity index (χ0v) is 9.18. The number of nitrogens with zero attached hydrogens (tertiary/aromatic N) is 3. The third-order valence-corrected chi connectivity index (χ3v) is 1.91. The first-order chi connectivity index (χ1) is 8.45. The van der Waals surface area contributed by atoms with Gasteiger partial charge in [-0.1, -0.05) is 5.16 Å². The van der Waals surface area contributed by atoms with Crippen LogP contribution in [0.15, 0.2) is 21.6 Å². The van der Waals surface area contributed by atoms with E-state index in [-0.39, 0.29) is 18.4 Å². The summed E-state index contributed by atoms with van der Waals surface area (Å²) in [5.74, 6) is -3.70. The molecular weight excluding hydrogens is 250 g/mol. The number of nitrogens with one attached hydrogen (secondary N) is 1. The summed E-state index contributed by atoms with van der Waals surface area (Å²) in [5.41, 5.74) is -0.457. The van der Waals surface area contributed by atoms with E-state index in [9.17, 15) is 13.6 Å². The molecule has 96 valence electrons. The number of hydrogen-bond donors (Lipinski definition) is 1. The Morgan fingerprint density at radius 2 is 2.33 bits per heavy atom.